The molecule has 118 valence electrons. The molecule has 1 unspecified atom stereocenters. The van der Waals surface area contributed by atoms with Crippen LogP contribution in [0.2, 0.25) is 0 Å². The van der Waals surface area contributed by atoms with E-state index in [0.29, 0.717) is 12.3 Å². The number of rotatable bonds is 5. The number of aromatic nitrogens is 2. The first-order valence-electron chi connectivity index (χ1n) is 7.34. The summed E-state index contributed by atoms with van der Waals surface area (Å²) < 4.78 is 18.2. The van der Waals surface area contributed by atoms with Crippen molar-refractivity contribution >= 4 is 11.8 Å². The van der Waals surface area contributed by atoms with Gasteiger partial charge in [0.25, 0.3) is 0 Å². The fourth-order valence-corrected chi connectivity index (χ4v) is 3.23. The van der Waals surface area contributed by atoms with Crippen molar-refractivity contribution in [1.29, 1.82) is 0 Å². The molecule has 1 aliphatic heterocycles. The van der Waals surface area contributed by atoms with E-state index in [9.17, 15) is 4.39 Å². The molecule has 22 heavy (non-hydrogen) atoms. The monoisotopic (exact) mass is 322 g/mol. The molecule has 1 aromatic carbocycles. The molecule has 0 saturated carbocycles. The summed E-state index contributed by atoms with van der Waals surface area (Å²) >= 11 is 1.65. The SMILES string of the molecule is CN1CCNCC1c1noc(CCSc2ccc(F)cc2)n1. The second-order valence-corrected chi connectivity index (χ2v) is 6.47. The van der Waals surface area contributed by atoms with Crippen LogP contribution in [0.25, 0.3) is 0 Å². The van der Waals surface area contributed by atoms with Gasteiger partial charge in [-0.3, -0.25) is 4.90 Å². The van der Waals surface area contributed by atoms with Crippen molar-refractivity contribution in [2.45, 2.75) is 17.4 Å². The molecular weight excluding hydrogens is 303 g/mol. The highest BCUT2D eigenvalue weighted by molar-refractivity contribution is 7.99. The molecule has 1 saturated heterocycles. The summed E-state index contributed by atoms with van der Waals surface area (Å²) in [5.74, 6) is 2.02. The zero-order valence-electron chi connectivity index (χ0n) is 12.5. The van der Waals surface area contributed by atoms with Crippen LogP contribution in [0.4, 0.5) is 4.39 Å². The van der Waals surface area contributed by atoms with E-state index in [-0.39, 0.29) is 11.9 Å². The lowest BCUT2D eigenvalue weighted by Gasteiger charge is -2.30. The number of piperazine rings is 1. The summed E-state index contributed by atoms with van der Waals surface area (Å²) in [6.45, 7) is 2.82. The van der Waals surface area contributed by atoms with Gasteiger partial charge >= 0.3 is 0 Å². The molecule has 2 heterocycles. The number of hydrogen-bond acceptors (Lipinski definition) is 6. The minimum Gasteiger partial charge on any atom is -0.339 e. The lowest BCUT2D eigenvalue weighted by molar-refractivity contribution is 0.190. The van der Waals surface area contributed by atoms with Crippen LogP contribution in [0.3, 0.4) is 0 Å². The molecule has 0 aliphatic carbocycles. The lowest BCUT2D eigenvalue weighted by Crippen LogP contribution is -2.44. The van der Waals surface area contributed by atoms with Gasteiger partial charge in [-0.25, -0.2) is 4.39 Å². The van der Waals surface area contributed by atoms with Crippen LogP contribution < -0.4 is 5.32 Å². The highest BCUT2D eigenvalue weighted by Gasteiger charge is 2.25. The third-order valence-corrected chi connectivity index (χ3v) is 4.70. The number of nitrogens with one attached hydrogen (secondary N) is 1. The Kier molecular flexibility index (Phi) is 5.07. The van der Waals surface area contributed by atoms with Gasteiger partial charge in [0.2, 0.25) is 5.89 Å². The van der Waals surface area contributed by atoms with Crippen molar-refractivity contribution in [3.8, 4) is 0 Å². The normalized spacial score (nSPS) is 19.5. The van der Waals surface area contributed by atoms with Crippen LogP contribution in [-0.4, -0.2) is 47.5 Å². The van der Waals surface area contributed by atoms with Gasteiger partial charge in [0.15, 0.2) is 5.82 Å². The van der Waals surface area contributed by atoms with Gasteiger partial charge in [-0.05, 0) is 31.3 Å². The number of likely N-dealkylation sites (N-methyl/N-ethyl adjacent to an activating group) is 1. The number of benzene rings is 1. The van der Waals surface area contributed by atoms with E-state index < -0.39 is 0 Å². The predicted molar refractivity (Wildman–Crippen MR) is 83.4 cm³/mol. The Bertz CT molecular complexity index is 604. The molecule has 0 amide bonds. The molecule has 1 fully saturated rings. The van der Waals surface area contributed by atoms with Gasteiger partial charge < -0.3 is 9.84 Å². The summed E-state index contributed by atoms with van der Waals surface area (Å²) in [5, 5.41) is 7.45. The van der Waals surface area contributed by atoms with Crippen LogP contribution >= 0.6 is 11.8 Å². The van der Waals surface area contributed by atoms with E-state index in [2.05, 4.69) is 27.4 Å². The van der Waals surface area contributed by atoms with Crippen LogP contribution in [0, 0.1) is 5.82 Å². The van der Waals surface area contributed by atoms with E-state index in [1.54, 1.807) is 23.9 Å². The largest absolute Gasteiger partial charge is 0.339 e. The first kappa shape index (κ1) is 15.5. The Hall–Kier alpha value is -1.44. The van der Waals surface area contributed by atoms with Crippen molar-refractivity contribution in [2.24, 2.45) is 0 Å². The quantitative estimate of drug-likeness (QED) is 0.851. The van der Waals surface area contributed by atoms with Gasteiger partial charge in [0.1, 0.15) is 5.82 Å². The molecule has 5 nitrogen and oxygen atoms in total. The summed E-state index contributed by atoms with van der Waals surface area (Å²) in [4.78, 5) is 7.77. The summed E-state index contributed by atoms with van der Waals surface area (Å²) in [5.41, 5.74) is 0. The van der Waals surface area contributed by atoms with Crippen molar-refractivity contribution < 1.29 is 8.91 Å². The topological polar surface area (TPSA) is 54.2 Å². The molecule has 0 radical (unpaired) electrons. The van der Waals surface area contributed by atoms with Gasteiger partial charge in [-0.15, -0.1) is 11.8 Å². The fraction of sp³-hybridized carbons (Fsp3) is 0.467. The minimum atomic E-state index is -0.212. The summed E-state index contributed by atoms with van der Waals surface area (Å²) in [7, 11) is 2.08. The number of hydrogen-bond donors (Lipinski definition) is 1. The van der Waals surface area contributed by atoms with Crippen molar-refractivity contribution in [3.63, 3.8) is 0 Å². The predicted octanol–water partition coefficient (Wildman–Crippen LogP) is 2.12. The zero-order valence-corrected chi connectivity index (χ0v) is 13.3. The smallest absolute Gasteiger partial charge is 0.227 e. The molecule has 1 aromatic heterocycles. The number of aryl methyl sites for hydroxylation is 1. The molecular formula is C15H19FN4OS. The van der Waals surface area contributed by atoms with Crippen molar-refractivity contribution in [2.75, 3.05) is 32.4 Å². The maximum atomic E-state index is 12.8. The molecule has 2 aromatic rings. The number of halogens is 1. The molecule has 3 rings (SSSR count). The van der Waals surface area contributed by atoms with E-state index in [4.69, 9.17) is 4.52 Å². The van der Waals surface area contributed by atoms with Crippen molar-refractivity contribution in [3.05, 3.63) is 41.8 Å². The summed E-state index contributed by atoms with van der Waals surface area (Å²) in [6.07, 6.45) is 0.707. The van der Waals surface area contributed by atoms with Gasteiger partial charge in [0.05, 0.1) is 6.04 Å². The Labute approximate surface area is 133 Å². The maximum absolute atomic E-state index is 12.8. The average Bonchev–Trinajstić information content (AvgIpc) is 2.98. The molecule has 1 atom stereocenters. The highest BCUT2D eigenvalue weighted by atomic mass is 32.2. The highest BCUT2D eigenvalue weighted by Crippen LogP contribution is 2.21. The van der Waals surface area contributed by atoms with Crippen LogP contribution in [0.15, 0.2) is 33.7 Å². The third-order valence-electron chi connectivity index (χ3n) is 3.69. The Morgan fingerprint density at radius 3 is 3.00 bits per heavy atom. The summed E-state index contributed by atoms with van der Waals surface area (Å²) in [6, 6.07) is 6.68. The van der Waals surface area contributed by atoms with E-state index in [1.807, 2.05) is 0 Å². The molecule has 0 bridgehead atoms. The number of nitrogens with zero attached hydrogens (tertiary/aromatic N) is 3. The third kappa shape index (κ3) is 3.85. The molecule has 1 aliphatic rings. The molecule has 0 spiro atoms. The minimum absolute atomic E-state index is 0.177. The van der Waals surface area contributed by atoms with Gasteiger partial charge in [0, 0.05) is 36.7 Å². The first-order chi connectivity index (χ1) is 10.7. The first-order valence-corrected chi connectivity index (χ1v) is 8.33. The van der Waals surface area contributed by atoms with Crippen molar-refractivity contribution in [1.82, 2.24) is 20.4 Å². The Morgan fingerprint density at radius 1 is 1.41 bits per heavy atom. The maximum Gasteiger partial charge on any atom is 0.227 e. The lowest BCUT2D eigenvalue weighted by atomic mass is 10.2. The van der Waals surface area contributed by atoms with Crippen LogP contribution in [0.1, 0.15) is 17.8 Å². The van der Waals surface area contributed by atoms with E-state index >= 15 is 0 Å². The molecule has 1 N–H and O–H groups in total. The van der Waals surface area contributed by atoms with Gasteiger partial charge in [-0.1, -0.05) is 5.16 Å². The van der Waals surface area contributed by atoms with E-state index in [0.717, 1.165) is 36.1 Å². The van der Waals surface area contributed by atoms with E-state index in [1.165, 1.54) is 12.1 Å². The van der Waals surface area contributed by atoms with Crippen LogP contribution in [0.5, 0.6) is 0 Å². The Morgan fingerprint density at radius 2 is 2.23 bits per heavy atom. The standard InChI is InChI=1S/C15H19FN4OS/c1-20-8-7-17-10-13(20)15-18-14(21-19-15)6-9-22-12-4-2-11(16)3-5-12/h2-5,13,17H,6-10H2,1H3. The second-order valence-electron chi connectivity index (χ2n) is 5.30. The van der Waals surface area contributed by atoms with Crippen LogP contribution in [-0.2, 0) is 6.42 Å². The van der Waals surface area contributed by atoms with Gasteiger partial charge in [-0.2, -0.15) is 4.98 Å². The molecule has 7 heteroatoms. The second kappa shape index (κ2) is 7.21. The average molecular weight is 322 g/mol. The fourth-order valence-electron chi connectivity index (χ4n) is 2.39. The zero-order chi connectivity index (χ0) is 15.4. The Balaban J connectivity index is 1.52. The number of thioether (sulfide) groups is 1.